The van der Waals surface area contributed by atoms with Crippen LogP contribution in [-0.4, -0.2) is 19.3 Å². The molecule has 0 aliphatic heterocycles. The minimum absolute atomic E-state index is 0.0640. The van der Waals surface area contributed by atoms with Gasteiger partial charge in [-0.1, -0.05) is 59.2 Å². The van der Waals surface area contributed by atoms with Crippen LogP contribution in [0.4, 0.5) is 0 Å². The van der Waals surface area contributed by atoms with Crippen molar-refractivity contribution in [2.75, 3.05) is 13.7 Å². The zero-order valence-corrected chi connectivity index (χ0v) is 17.7. The van der Waals surface area contributed by atoms with Crippen molar-refractivity contribution in [3.63, 3.8) is 0 Å². The van der Waals surface area contributed by atoms with Crippen molar-refractivity contribution in [3.8, 4) is 5.75 Å². The Morgan fingerprint density at radius 2 is 1.22 bits per heavy atom. The zero-order chi connectivity index (χ0) is 18.8. The second-order valence-electron chi connectivity index (χ2n) is 6.61. The summed E-state index contributed by atoms with van der Waals surface area (Å²) in [6.07, 6.45) is 0. The molecule has 23 heavy (non-hydrogen) atoms. The highest BCUT2D eigenvalue weighted by Gasteiger charge is 2.38. The third kappa shape index (κ3) is 6.95. The van der Waals surface area contributed by atoms with Crippen molar-refractivity contribution in [1.82, 2.24) is 0 Å². The molecule has 0 fully saturated rings. The lowest BCUT2D eigenvalue weighted by Crippen LogP contribution is -2.44. The molecule has 0 aromatic heterocycles. The quantitative estimate of drug-likeness (QED) is 0.616. The molecule has 0 atom stereocenters. The predicted octanol–water partition coefficient (Wildman–Crippen LogP) is 6.49. The lowest BCUT2D eigenvalue weighted by atomic mass is 9.78. The molecule has 1 aromatic rings. The van der Waals surface area contributed by atoms with Gasteiger partial charge in [-0.05, 0) is 45.7 Å². The number of hydrogen-bond donors (Lipinski definition) is 0. The molecule has 0 heterocycles. The van der Waals surface area contributed by atoms with Crippen molar-refractivity contribution >= 4 is 0 Å². The van der Waals surface area contributed by atoms with E-state index in [4.69, 9.17) is 9.47 Å². The van der Waals surface area contributed by atoms with E-state index < -0.39 is 0 Å². The van der Waals surface area contributed by atoms with Crippen LogP contribution < -0.4 is 4.74 Å². The molecule has 0 saturated heterocycles. The van der Waals surface area contributed by atoms with Gasteiger partial charge in [-0.25, -0.2) is 0 Å². The van der Waals surface area contributed by atoms with Crippen LogP contribution in [0.3, 0.4) is 0 Å². The summed E-state index contributed by atoms with van der Waals surface area (Å²) in [6, 6.07) is 4.33. The van der Waals surface area contributed by atoms with E-state index in [1.165, 1.54) is 16.7 Å². The highest BCUT2D eigenvalue weighted by molar-refractivity contribution is 5.42. The van der Waals surface area contributed by atoms with Gasteiger partial charge >= 0.3 is 0 Å². The summed E-state index contributed by atoms with van der Waals surface area (Å²) in [5.41, 5.74) is 3.39. The minimum Gasteiger partial charge on any atom is -0.492 e. The Bertz CT molecular complexity index is 422. The number of benzene rings is 1. The highest BCUT2D eigenvalue weighted by Crippen LogP contribution is 2.35. The first kappa shape index (κ1) is 24.2. The van der Waals surface area contributed by atoms with Crippen LogP contribution in [0.25, 0.3) is 0 Å². The second kappa shape index (κ2) is 10.7. The standard InChI is InChI=1S/C17H28O2.2C2H6/c1-12-9-13(2)15(14(3)10-12)19-11-16(4,5)17(6,7)18-8;2*1-2/h9-10H,11H2,1-8H3;2*1-2H3. The average Bonchev–Trinajstić information content (AvgIpc) is 2.50. The summed E-state index contributed by atoms with van der Waals surface area (Å²) in [5.74, 6) is 1.01. The number of ether oxygens (including phenoxy) is 2. The molecule has 0 unspecified atom stereocenters. The smallest absolute Gasteiger partial charge is 0.125 e. The van der Waals surface area contributed by atoms with E-state index in [0.717, 1.165) is 5.75 Å². The summed E-state index contributed by atoms with van der Waals surface area (Å²) in [6.45, 7) is 23.5. The molecule has 0 bridgehead atoms. The van der Waals surface area contributed by atoms with Gasteiger partial charge in [0.2, 0.25) is 0 Å². The monoisotopic (exact) mass is 324 g/mol. The first-order chi connectivity index (χ1) is 10.6. The van der Waals surface area contributed by atoms with Crippen LogP contribution in [0.5, 0.6) is 5.75 Å². The maximum atomic E-state index is 6.10. The summed E-state index contributed by atoms with van der Waals surface area (Å²) in [7, 11) is 1.75. The molecule has 2 nitrogen and oxygen atoms in total. The molecule has 1 rings (SSSR count). The molecule has 0 saturated carbocycles. The van der Waals surface area contributed by atoms with Gasteiger partial charge in [-0.2, -0.15) is 0 Å². The van der Waals surface area contributed by atoms with Crippen molar-refractivity contribution in [1.29, 1.82) is 0 Å². The Hall–Kier alpha value is -1.02. The van der Waals surface area contributed by atoms with E-state index in [9.17, 15) is 0 Å². The van der Waals surface area contributed by atoms with Crippen LogP contribution in [0.1, 0.15) is 72.1 Å². The number of methoxy groups -OCH3 is 1. The Morgan fingerprint density at radius 1 is 0.826 bits per heavy atom. The Labute approximate surface area is 145 Å². The van der Waals surface area contributed by atoms with Gasteiger partial charge in [0, 0.05) is 12.5 Å². The molecule has 0 N–H and O–H groups in total. The van der Waals surface area contributed by atoms with Crippen molar-refractivity contribution in [3.05, 3.63) is 28.8 Å². The number of hydrogen-bond acceptors (Lipinski definition) is 2. The highest BCUT2D eigenvalue weighted by atomic mass is 16.5. The average molecular weight is 325 g/mol. The fourth-order valence-corrected chi connectivity index (χ4v) is 2.10. The van der Waals surface area contributed by atoms with Crippen molar-refractivity contribution < 1.29 is 9.47 Å². The number of aryl methyl sites for hydroxylation is 3. The van der Waals surface area contributed by atoms with Crippen molar-refractivity contribution in [2.24, 2.45) is 5.41 Å². The van der Waals surface area contributed by atoms with E-state index in [2.05, 4.69) is 60.6 Å². The largest absolute Gasteiger partial charge is 0.492 e. The van der Waals surface area contributed by atoms with Crippen LogP contribution in [0.2, 0.25) is 0 Å². The summed E-state index contributed by atoms with van der Waals surface area (Å²) >= 11 is 0. The van der Waals surface area contributed by atoms with E-state index in [0.29, 0.717) is 6.61 Å². The van der Waals surface area contributed by atoms with Gasteiger partial charge in [0.15, 0.2) is 0 Å². The number of rotatable bonds is 5. The van der Waals surface area contributed by atoms with E-state index >= 15 is 0 Å². The maximum Gasteiger partial charge on any atom is 0.125 e. The van der Waals surface area contributed by atoms with Gasteiger partial charge in [0.1, 0.15) is 5.75 Å². The first-order valence-electron chi connectivity index (χ1n) is 8.86. The van der Waals surface area contributed by atoms with Crippen LogP contribution in [-0.2, 0) is 4.74 Å². The Morgan fingerprint density at radius 3 is 1.57 bits per heavy atom. The first-order valence-corrected chi connectivity index (χ1v) is 8.86. The minimum atomic E-state index is -0.223. The topological polar surface area (TPSA) is 18.5 Å². The third-order valence-corrected chi connectivity index (χ3v) is 4.32. The Kier molecular flexibility index (Phi) is 11.3. The van der Waals surface area contributed by atoms with Crippen LogP contribution >= 0.6 is 0 Å². The second-order valence-corrected chi connectivity index (χ2v) is 6.61. The van der Waals surface area contributed by atoms with Crippen LogP contribution in [0.15, 0.2) is 12.1 Å². The summed E-state index contributed by atoms with van der Waals surface area (Å²) in [5, 5.41) is 0. The van der Waals surface area contributed by atoms with E-state index in [1.54, 1.807) is 7.11 Å². The zero-order valence-electron chi connectivity index (χ0n) is 17.7. The van der Waals surface area contributed by atoms with Gasteiger partial charge in [-0.15, -0.1) is 0 Å². The fourth-order valence-electron chi connectivity index (χ4n) is 2.10. The molecule has 1 aromatic carbocycles. The molecule has 0 aliphatic carbocycles. The molecule has 2 heteroatoms. The SMILES string of the molecule is CC.CC.COC(C)(C)C(C)(C)COc1c(C)cc(C)cc1C. The maximum absolute atomic E-state index is 6.10. The predicted molar refractivity (Wildman–Crippen MR) is 104 cm³/mol. The Balaban J connectivity index is 0. The molecular weight excluding hydrogens is 284 g/mol. The van der Waals surface area contributed by atoms with Gasteiger partial charge < -0.3 is 9.47 Å². The fraction of sp³-hybridized carbons (Fsp3) is 0.714. The normalized spacial score (nSPS) is 11.0. The van der Waals surface area contributed by atoms with Gasteiger partial charge in [0.25, 0.3) is 0 Å². The molecule has 0 spiro atoms. The lowest BCUT2D eigenvalue weighted by Gasteiger charge is -2.40. The van der Waals surface area contributed by atoms with E-state index in [-0.39, 0.29) is 11.0 Å². The third-order valence-electron chi connectivity index (χ3n) is 4.32. The van der Waals surface area contributed by atoms with Gasteiger partial charge in [0.05, 0.1) is 12.2 Å². The van der Waals surface area contributed by atoms with Gasteiger partial charge in [-0.3, -0.25) is 0 Å². The molecule has 0 amide bonds. The molecule has 0 radical (unpaired) electrons. The summed E-state index contributed by atoms with van der Waals surface area (Å²) in [4.78, 5) is 0. The van der Waals surface area contributed by atoms with Crippen molar-refractivity contribution in [2.45, 2.75) is 81.8 Å². The van der Waals surface area contributed by atoms with E-state index in [1.807, 2.05) is 27.7 Å². The molecule has 0 aliphatic rings. The summed E-state index contributed by atoms with van der Waals surface area (Å²) < 4.78 is 11.7. The molecule has 136 valence electrons. The molecular formula is C21H40O2. The van der Waals surface area contributed by atoms with Crippen LogP contribution in [0, 0.1) is 26.2 Å². The lowest BCUT2D eigenvalue weighted by molar-refractivity contribution is -0.0876.